The minimum atomic E-state index is -4.44. The second kappa shape index (κ2) is 9.30. The van der Waals surface area contributed by atoms with Crippen molar-refractivity contribution in [2.75, 3.05) is 18.9 Å². The first kappa shape index (κ1) is 24.1. The fourth-order valence-electron chi connectivity index (χ4n) is 4.07. The molecule has 10 nitrogen and oxygen atoms in total. The second-order valence-corrected chi connectivity index (χ2v) is 9.43. The Morgan fingerprint density at radius 1 is 1.31 bits per heavy atom. The third kappa shape index (κ3) is 4.40. The minimum Gasteiger partial charge on any atom is -0.480 e. The van der Waals surface area contributed by atoms with Gasteiger partial charge in [-0.15, -0.1) is 0 Å². The van der Waals surface area contributed by atoms with Crippen LogP contribution in [0.3, 0.4) is 0 Å². The number of nitriles is 1. The Bertz CT molecular complexity index is 1470. The van der Waals surface area contributed by atoms with Gasteiger partial charge in [0.1, 0.15) is 17.6 Å². The van der Waals surface area contributed by atoms with Crippen LogP contribution in [0, 0.1) is 23.0 Å². The molecule has 182 valence electrons. The van der Waals surface area contributed by atoms with Crippen LogP contribution in [0.5, 0.6) is 5.88 Å². The van der Waals surface area contributed by atoms with Gasteiger partial charge in [0.15, 0.2) is 10.7 Å². The first-order chi connectivity index (χ1) is 16.7. The van der Waals surface area contributed by atoms with Crippen molar-refractivity contribution in [3.8, 4) is 11.9 Å². The van der Waals surface area contributed by atoms with Gasteiger partial charge in [-0.2, -0.15) is 5.26 Å². The first-order valence-corrected chi connectivity index (χ1v) is 11.9. The molecule has 13 heteroatoms. The zero-order valence-corrected chi connectivity index (χ0v) is 19.5. The topological polar surface area (TPSA) is 139 Å². The summed E-state index contributed by atoms with van der Waals surface area (Å²) in [6.45, 7) is 0.158. The maximum atomic E-state index is 15.5. The maximum Gasteiger partial charge on any atom is 0.271 e. The number of fused-ring (bicyclic) bond motifs is 1. The van der Waals surface area contributed by atoms with Crippen molar-refractivity contribution in [1.29, 1.82) is 5.26 Å². The Morgan fingerprint density at radius 3 is 2.77 bits per heavy atom. The number of amides is 1. The zero-order chi connectivity index (χ0) is 25.3. The summed E-state index contributed by atoms with van der Waals surface area (Å²) in [6, 6.07) is 4.79. The molecule has 1 amide bonds. The number of aromatic nitrogens is 3. The number of anilines is 1. The highest BCUT2D eigenvalue weighted by Crippen LogP contribution is 2.36. The van der Waals surface area contributed by atoms with Crippen LogP contribution in [0.2, 0.25) is 0 Å². The van der Waals surface area contributed by atoms with E-state index in [1.54, 1.807) is 10.6 Å². The summed E-state index contributed by atoms with van der Waals surface area (Å²) in [4.78, 5) is 19.4. The van der Waals surface area contributed by atoms with Crippen molar-refractivity contribution in [3.05, 3.63) is 64.9 Å². The summed E-state index contributed by atoms with van der Waals surface area (Å²) in [5, 5.41) is 11.6. The number of nitrogens with zero attached hydrogens (tertiary/aromatic N) is 4. The minimum absolute atomic E-state index is 0.0408. The number of benzene rings is 1. The number of imidazole rings is 1. The molecule has 0 unspecified atom stereocenters. The molecule has 35 heavy (non-hydrogen) atoms. The van der Waals surface area contributed by atoms with Crippen molar-refractivity contribution in [2.45, 2.75) is 30.2 Å². The predicted octanol–water partition coefficient (Wildman–Crippen LogP) is 2.33. The molecular formula is C22H20F2N6O4S. The number of halogens is 2. The van der Waals surface area contributed by atoms with E-state index in [4.69, 9.17) is 10.00 Å². The van der Waals surface area contributed by atoms with Gasteiger partial charge in [-0.1, -0.05) is 0 Å². The molecule has 1 aromatic carbocycles. The number of hydrogen-bond acceptors (Lipinski definition) is 7. The number of carbonyl (C=O) groups is 1. The zero-order valence-electron chi connectivity index (χ0n) is 18.7. The van der Waals surface area contributed by atoms with E-state index in [2.05, 4.69) is 20.0 Å². The second-order valence-electron chi connectivity index (χ2n) is 7.78. The summed E-state index contributed by atoms with van der Waals surface area (Å²) < 4.78 is 65.0. The van der Waals surface area contributed by atoms with Gasteiger partial charge in [-0.25, -0.2) is 27.2 Å². The Morgan fingerprint density at radius 2 is 2.09 bits per heavy atom. The van der Waals surface area contributed by atoms with E-state index < -0.39 is 38.2 Å². The average Bonchev–Trinajstić information content (AvgIpc) is 3.28. The number of rotatable bonds is 6. The molecule has 0 saturated carbocycles. The molecule has 0 radical (unpaired) electrons. The van der Waals surface area contributed by atoms with E-state index in [9.17, 15) is 17.6 Å². The summed E-state index contributed by atoms with van der Waals surface area (Å²) >= 11 is 0. The Kier molecular flexibility index (Phi) is 6.40. The number of ether oxygens (including phenoxy) is 1. The molecule has 1 aliphatic heterocycles. The van der Waals surface area contributed by atoms with Crippen LogP contribution in [0.15, 0.2) is 35.6 Å². The highest BCUT2D eigenvalue weighted by Gasteiger charge is 2.31. The van der Waals surface area contributed by atoms with Gasteiger partial charge >= 0.3 is 0 Å². The average molecular weight is 503 g/mol. The molecular weight excluding hydrogens is 482 g/mol. The molecule has 3 heterocycles. The van der Waals surface area contributed by atoms with E-state index in [0.717, 1.165) is 24.4 Å². The van der Waals surface area contributed by atoms with Gasteiger partial charge in [0.25, 0.3) is 15.9 Å². The molecule has 4 rings (SSSR count). The van der Waals surface area contributed by atoms with Gasteiger partial charge in [-0.05, 0) is 31.0 Å². The van der Waals surface area contributed by atoms with Crippen molar-refractivity contribution in [1.82, 2.24) is 19.9 Å². The lowest BCUT2D eigenvalue weighted by atomic mass is 9.89. The van der Waals surface area contributed by atoms with Crippen LogP contribution in [0.4, 0.5) is 14.5 Å². The standard InChI is InChI=1S/C22H20F2N6O4S/c1-26-21(31)20-16-6-3-13(10-30(16)11-28-20)18-14(23)4-5-15(19(18)24)29-35(32,33)17-7-12(8-25)9-27-22(17)34-2/h4-5,7,9,11,13,29H,3,6,10H2,1-2H3,(H,26,31)/t13-/m1/s1. The van der Waals surface area contributed by atoms with Gasteiger partial charge in [0.2, 0.25) is 5.88 Å². The fraction of sp³-hybridized carbons (Fsp3) is 0.273. The van der Waals surface area contributed by atoms with E-state index in [1.165, 1.54) is 20.5 Å². The lowest BCUT2D eigenvalue weighted by Gasteiger charge is -2.26. The Hall–Kier alpha value is -4.05. The molecule has 0 bridgehead atoms. The Balaban J connectivity index is 1.68. The predicted molar refractivity (Wildman–Crippen MR) is 119 cm³/mol. The number of sulfonamides is 1. The maximum absolute atomic E-state index is 15.5. The lowest BCUT2D eigenvalue weighted by Crippen LogP contribution is -2.25. The monoisotopic (exact) mass is 502 g/mol. The number of hydrogen-bond donors (Lipinski definition) is 2. The van der Waals surface area contributed by atoms with Crippen LogP contribution >= 0.6 is 0 Å². The highest BCUT2D eigenvalue weighted by molar-refractivity contribution is 7.92. The van der Waals surface area contributed by atoms with Crippen LogP contribution in [-0.4, -0.2) is 43.0 Å². The summed E-state index contributed by atoms with van der Waals surface area (Å²) in [5.41, 5.74) is 0.141. The number of pyridine rings is 1. The van der Waals surface area contributed by atoms with Crippen LogP contribution in [0.1, 0.15) is 39.6 Å². The summed E-state index contributed by atoms with van der Waals surface area (Å²) in [7, 11) is -1.75. The smallest absolute Gasteiger partial charge is 0.271 e. The molecule has 0 saturated heterocycles. The van der Waals surface area contributed by atoms with Crippen molar-refractivity contribution in [2.24, 2.45) is 0 Å². The summed E-state index contributed by atoms with van der Waals surface area (Å²) in [6.07, 6.45) is 3.25. The quantitative estimate of drug-likeness (QED) is 0.527. The van der Waals surface area contributed by atoms with Gasteiger partial charge in [-0.3, -0.25) is 9.52 Å². The summed E-state index contributed by atoms with van der Waals surface area (Å²) in [5.74, 6) is -3.15. The molecule has 0 aliphatic carbocycles. The first-order valence-electron chi connectivity index (χ1n) is 10.4. The largest absolute Gasteiger partial charge is 0.480 e. The lowest BCUT2D eigenvalue weighted by molar-refractivity contribution is 0.0957. The van der Waals surface area contributed by atoms with Crippen LogP contribution < -0.4 is 14.8 Å². The molecule has 0 spiro atoms. The van der Waals surface area contributed by atoms with Gasteiger partial charge in [0.05, 0.1) is 30.4 Å². The number of nitrogens with one attached hydrogen (secondary N) is 2. The van der Waals surface area contributed by atoms with E-state index >= 15 is 4.39 Å². The molecule has 2 aromatic heterocycles. The molecule has 2 N–H and O–H groups in total. The van der Waals surface area contributed by atoms with Gasteiger partial charge < -0.3 is 14.6 Å². The third-order valence-electron chi connectivity index (χ3n) is 5.74. The van der Waals surface area contributed by atoms with E-state index in [0.29, 0.717) is 18.5 Å². The molecule has 1 atom stereocenters. The van der Waals surface area contributed by atoms with Crippen LogP contribution in [0.25, 0.3) is 0 Å². The Labute approximate surface area is 199 Å². The molecule has 3 aromatic rings. The van der Waals surface area contributed by atoms with E-state index in [1.807, 2.05) is 0 Å². The van der Waals surface area contributed by atoms with Gasteiger partial charge in [0, 0.05) is 31.3 Å². The van der Waals surface area contributed by atoms with Crippen LogP contribution in [-0.2, 0) is 23.0 Å². The highest BCUT2D eigenvalue weighted by atomic mass is 32.2. The van der Waals surface area contributed by atoms with Crippen molar-refractivity contribution < 1.29 is 26.7 Å². The van der Waals surface area contributed by atoms with Crippen molar-refractivity contribution in [3.63, 3.8) is 0 Å². The normalized spacial score (nSPS) is 15.1. The fourth-order valence-corrected chi connectivity index (χ4v) is 5.28. The van der Waals surface area contributed by atoms with Crippen molar-refractivity contribution >= 4 is 21.6 Å². The number of methoxy groups -OCH3 is 1. The molecule has 1 aliphatic rings. The van der Waals surface area contributed by atoms with E-state index in [-0.39, 0.29) is 35.2 Å². The third-order valence-corrected chi connectivity index (χ3v) is 7.10. The SMILES string of the molecule is CNC(=O)c1ncn2c1CC[C@@H](c1c(F)ccc(NS(=O)(=O)c3cc(C#N)cnc3OC)c1F)C2. The number of carbonyl (C=O) groups excluding carboxylic acids is 1. The molecule has 0 fully saturated rings.